The van der Waals surface area contributed by atoms with Gasteiger partial charge in [-0.2, -0.15) is 0 Å². The van der Waals surface area contributed by atoms with Gasteiger partial charge in [0, 0.05) is 0 Å². The lowest BCUT2D eigenvalue weighted by molar-refractivity contribution is -0.0752. The molecule has 0 bridgehead atoms. The molecule has 1 saturated heterocycles. The maximum atomic E-state index is 10.5. The topological polar surface area (TPSA) is 122 Å². The minimum Gasteiger partial charge on any atom is -0.391 e. The van der Waals surface area contributed by atoms with Crippen LogP contribution in [0.5, 0.6) is 0 Å². The summed E-state index contributed by atoms with van der Waals surface area (Å²) in [4.78, 5) is 9.54. The number of anilines is 1. The Morgan fingerprint density at radius 3 is 2.96 bits per heavy atom. The molecule has 0 saturated carbocycles. The largest absolute Gasteiger partial charge is 0.391 e. The molecule has 1 aliphatic rings. The van der Waals surface area contributed by atoms with Crippen LogP contribution < -0.4 is 5.73 Å². The number of nitrogens with zero attached hydrogens (tertiary/aromatic N) is 3. The lowest BCUT2D eigenvalue weighted by Crippen LogP contribution is -2.43. The molecule has 2 aromatic heterocycles. The highest BCUT2D eigenvalue weighted by Crippen LogP contribution is 2.45. The van der Waals surface area contributed by atoms with Crippen molar-refractivity contribution >= 4 is 40.9 Å². The van der Waals surface area contributed by atoms with Gasteiger partial charge in [-0.25, -0.2) is 9.97 Å². The number of nitrogen functional groups attached to an aromatic ring is 1. The molecule has 24 heavy (non-hydrogen) atoms. The van der Waals surface area contributed by atoms with E-state index in [1.54, 1.807) is 11.5 Å². The summed E-state index contributed by atoms with van der Waals surface area (Å²) in [5, 5.41) is 20.4. The van der Waals surface area contributed by atoms with E-state index < -0.39 is 29.4 Å². The number of fused-ring (bicyclic) bond motifs is 1. The Balaban J connectivity index is 2.20. The van der Waals surface area contributed by atoms with Crippen LogP contribution in [0.3, 0.4) is 0 Å². The third kappa shape index (κ3) is 2.47. The molecule has 8 nitrogen and oxygen atoms in total. The van der Waals surface area contributed by atoms with Gasteiger partial charge in [-0.3, -0.25) is 4.57 Å². The Morgan fingerprint density at radius 1 is 1.62 bits per heavy atom. The molecule has 2 aromatic rings. The van der Waals surface area contributed by atoms with Crippen molar-refractivity contribution in [2.75, 3.05) is 5.73 Å². The van der Waals surface area contributed by atoms with Crippen LogP contribution in [0, 0.1) is 16.5 Å². The normalized spacial score (nSPS) is 31.0. The van der Waals surface area contributed by atoms with Gasteiger partial charge < -0.3 is 25.7 Å². The Morgan fingerprint density at radius 2 is 2.33 bits per heavy atom. The number of H-pyrrole nitrogens is 1. The number of aromatic amines is 1. The van der Waals surface area contributed by atoms with Crippen LogP contribution in [-0.2, 0) is 4.74 Å². The molecule has 128 valence electrons. The molecule has 0 aromatic carbocycles. The van der Waals surface area contributed by atoms with Gasteiger partial charge in [0.05, 0.1) is 12.4 Å². The van der Waals surface area contributed by atoms with Crippen molar-refractivity contribution in [1.29, 1.82) is 0 Å². The maximum Gasteiger partial charge on any atom is 0.200 e. The number of aliphatic hydroxyl groups excluding tert-OH is 2. The summed E-state index contributed by atoms with van der Waals surface area (Å²) in [5.41, 5.74) is 6.58. The number of hydrogen-bond donors (Lipinski definition) is 4. The van der Waals surface area contributed by atoms with Gasteiger partial charge >= 0.3 is 0 Å². The molecule has 0 aliphatic carbocycles. The molecule has 1 aliphatic heterocycles. The number of rotatable bonds is 2. The van der Waals surface area contributed by atoms with Crippen LogP contribution in [0.2, 0.25) is 0 Å². The first-order valence-corrected chi connectivity index (χ1v) is 7.95. The average Bonchev–Trinajstić information content (AvgIpc) is 3.00. The van der Waals surface area contributed by atoms with Crippen LogP contribution >= 0.6 is 23.8 Å². The molecule has 0 radical (unpaired) electrons. The molecule has 10 heteroatoms. The molecular formula is C14H16ClN5O3S. The predicted octanol–water partition coefficient (Wildman–Crippen LogP) is 0.711. The second-order valence-corrected chi connectivity index (χ2v) is 6.57. The summed E-state index contributed by atoms with van der Waals surface area (Å²) in [6.45, 7) is 3.11. The fourth-order valence-corrected chi connectivity index (χ4v) is 3.43. The van der Waals surface area contributed by atoms with Gasteiger partial charge in [0.15, 0.2) is 21.7 Å². The van der Waals surface area contributed by atoms with E-state index in [0.29, 0.717) is 11.2 Å². The molecule has 3 heterocycles. The Labute approximate surface area is 147 Å². The summed E-state index contributed by atoms with van der Waals surface area (Å²) in [6, 6.07) is 0. The highest BCUT2D eigenvalue weighted by atomic mass is 35.5. The van der Waals surface area contributed by atoms with Crippen molar-refractivity contribution < 1.29 is 14.9 Å². The Kier molecular flexibility index (Phi) is 4.27. The Bertz CT molecular complexity index is 901. The van der Waals surface area contributed by atoms with E-state index in [1.165, 1.54) is 13.3 Å². The monoisotopic (exact) mass is 369 g/mol. The summed E-state index contributed by atoms with van der Waals surface area (Å²) in [6.07, 6.45) is -2.53. The van der Waals surface area contributed by atoms with Gasteiger partial charge in [0.1, 0.15) is 23.4 Å². The predicted molar refractivity (Wildman–Crippen MR) is 90.8 cm³/mol. The number of nitrogens with two attached hydrogens (primary N) is 1. The number of alkyl halides is 1. The highest BCUT2D eigenvalue weighted by Gasteiger charge is 2.57. The molecule has 0 spiro atoms. The molecule has 5 atom stereocenters. The molecule has 1 unspecified atom stereocenters. The SMILES string of the molecule is CC#CC1(Cl)[C@@H](O)[C@@H]([C@H](C)O)O[C@H]1n1cnc2c(=S)nc(N)[nH]c21. The van der Waals surface area contributed by atoms with E-state index in [0.717, 1.165) is 0 Å². The van der Waals surface area contributed by atoms with Crippen LogP contribution in [-0.4, -0.2) is 52.9 Å². The van der Waals surface area contributed by atoms with Crippen molar-refractivity contribution in [2.45, 2.75) is 43.3 Å². The van der Waals surface area contributed by atoms with E-state index in [4.69, 9.17) is 34.3 Å². The minimum atomic E-state index is -1.47. The van der Waals surface area contributed by atoms with Crippen LogP contribution in [0.15, 0.2) is 6.33 Å². The first-order chi connectivity index (χ1) is 11.3. The molecule has 1 fully saturated rings. The summed E-state index contributed by atoms with van der Waals surface area (Å²) in [5.74, 6) is 5.59. The maximum absolute atomic E-state index is 10.5. The quantitative estimate of drug-likeness (QED) is 0.349. The van der Waals surface area contributed by atoms with Gasteiger partial charge in [-0.15, -0.1) is 5.92 Å². The minimum absolute atomic E-state index is 0.113. The summed E-state index contributed by atoms with van der Waals surface area (Å²) in [7, 11) is 0. The third-order valence-corrected chi connectivity index (χ3v) is 4.69. The van der Waals surface area contributed by atoms with E-state index in [1.807, 2.05) is 0 Å². The van der Waals surface area contributed by atoms with Crippen molar-refractivity contribution in [1.82, 2.24) is 19.5 Å². The van der Waals surface area contributed by atoms with Crippen LogP contribution in [0.25, 0.3) is 11.2 Å². The van der Waals surface area contributed by atoms with E-state index in [2.05, 4.69) is 26.8 Å². The molecule has 0 amide bonds. The fraction of sp³-hybridized carbons (Fsp3) is 0.500. The molecular weight excluding hydrogens is 354 g/mol. The number of ether oxygens (including phenoxy) is 1. The van der Waals surface area contributed by atoms with E-state index >= 15 is 0 Å². The number of aromatic nitrogens is 4. The number of hydrogen-bond acceptors (Lipinski definition) is 7. The summed E-state index contributed by atoms with van der Waals surface area (Å²) < 4.78 is 7.59. The van der Waals surface area contributed by atoms with Gasteiger partial charge in [0.25, 0.3) is 0 Å². The highest BCUT2D eigenvalue weighted by molar-refractivity contribution is 7.71. The van der Waals surface area contributed by atoms with Crippen LogP contribution in [0.4, 0.5) is 5.95 Å². The van der Waals surface area contributed by atoms with Gasteiger partial charge in [0.2, 0.25) is 0 Å². The number of imidazole rings is 1. The third-order valence-electron chi connectivity index (χ3n) is 3.90. The van der Waals surface area contributed by atoms with Gasteiger partial charge in [-0.1, -0.05) is 29.7 Å². The van der Waals surface area contributed by atoms with Crippen molar-refractivity contribution in [3.63, 3.8) is 0 Å². The Hall–Kier alpha value is -1.70. The average molecular weight is 370 g/mol. The molecule has 5 N–H and O–H groups in total. The zero-order chi connectivity index (χ0) is 17.6. The smallest absolute Gasteiger partial charge is 0.200 e. The van der Waals surface area contributed by atoms with E-state index in [9.17, 15) is 10.2 Å². The second-order valence-electron chi connectivity index (χ2n) is 5.56. The first-order valence-electron chi connectivity index (χ1n) is 7.16. The molecule has 3 rings (SSSR count). The van der Waals surface area contributed by atoms with Crippen molar-refractivity contribution in [3.05, 3.63) is 11.0 Å². The lowest BCUT2D eigenvalue weighted by atomic mass is 9.97. The van der Waals surface area contributed by atoms with Crippen molar-refractivity contribution in [3.8, 4) is 11.8 Å². The number of halogens is 1. The first kappa shape index (κ1) is 17.1. The van der Waals surface area contributed by atoms with E-state index in [-0.39, 0.29) is 10.6 Å². The van der Waals surface area contributed by atoms with Crippen molar-refractivity contribution in [2.24, 2.45) is 0 Å². The number of aliphatic hydroxyl groups is 2. The number of nitrogens with one attached hydrogen (secondary N) is 1. The zero-order valence-corrected chi connectivity index (χ0v) is 14.5. The van der Waals surface area contributed by atoms with Crippen LogP contribution in [0.1, 0.15) is 20.1 Å². The second kappa shape index (κ2) is 5.98. The fourth-order valence-electron chi connectivity index (χ4n) is 2.81. The lowest BCUT2D eigenvalue weighted by Gasteiger charge is -2.25. The zero-order valence-electron chi connectivity index (χ0n) is 12.9. The summed E-state index contributed by atoms with van der Waals surface area (Å²) >= 11 is 11.7. The van der Waals surface area contributed by atoms with Gasteiger partial charge in [-0.05, 0) is 13.8 Å². The standard InChI is InChI=1S/C14H16ClN5O3S/c1-3-4-14(15)9(22)8(6(2)21)23-12(14)20-5-17-7-10(20)18-13(16)19-11(7)24/h5-6,8-9,12,21-22H,1-2H3,(H3,16,18,19,24)/t6-,8+,9-,12+,14?/m0/s1.